The number of nitrogens with one attached hydrogen (secondary N) is 2. The van der Waals surface area contributed by atoms with Crippen LogP contribution in [0.1, 0.15) is 23.3 Å². The van der Waals surface area contributed by atoms with E-state index in [9.17, 15) is 9.59 Å². The first-order chi connectivity index (χ1) is 12.6. The Hall–Kier alpha value is -2.72. The predicted octanol–water partition coefficient (Wildman–Crippen LogP) is 0.185. The van der Waals surface area contributed by atoms with E-state index < -0.39 is 17.9 Å². The number of aromatic nitrogens is 4. The standard InChI is InChI=1S/C15H18ClN7O3/c1-10(23-20-15(19-21-23)22-6-8-26-9-7-22)13(24)17-18-14(25)11-4-2-3-5-12(11)16/h2-5,10H,6-9H2,1H3,(H,17,24)(H,18,25)/t10-/m0/s1. The second-order valence-corrected chi connectivity index (χ2v) is 6.02. The number of hydrogen-bond donors (Lipinski definition) is 2. The molecule has 11 heteroatoms. The van der Waals surface area contributed by atoms with E-state index in [-0.39, 0.29) is 5.56 Å². The molecule has 0 bridgehead atoms. The van der Waals surface area contributed by atoms with Gasteiger partial charge in [0.05, 0.1) is 23.8 Å². The average molecular weight is 380 g/mol. The normalized spacial score (nSPS) is 15.4. The van der Waals surface area contributed by atoms with Gasteiger partial charge in [-0.15, -0.1) is 9.90 Å². The number of nitrogens with zero attached hydrogens (tertiary/aromatic N) is 5. The molecule has 2 heterocycles. The molecular formula is C15H18ClN7O3. The van der Waals surface area contributed by atoms with Gasteiger partial charge in [0.15, 0.2) is 6.04 Å². The van der Waals surface area contributed by atoms with Gasteiger partial charge in [-0.05, 0) is 24.3 Å². The molecule has 138 valence electrons. The van der Waals surface area contributed by atoms with Crippen molar-refractivity contribution in [2.45, 2.75) is 13.0 Å². The molecule has 0 spiro atoms. The summed E-state index contributed by atoms with van der Waals surface area (Å²) < 4.78 is 5.27. The van der Waals surface area contributed by atoms with E-state index >= 15 is 0 Å². The molecule has 1 aliphatic rings. The maximum absolute atomic E-state index is 12.2. The number of amides is 2. The Kier molecular flexibility index (Phi) is 5.64. The highest BCUT2D eigenvalue weighted by molar-refractivity contribution is 6.33. The number of anilines is 1. The monoisotopic (exact) mass is 379 g/mol. The molecule has 1 saturated heterocycles. The van der Waals surface area contributed by atoms with Crippen molar-refractivity contribution >= 4 is 29.4 Å². The molecule has 10 nitrogen and oxygen atoms in total. The number of benzene rings is 1. The van der Waals surface area contributed by atoms with Crippen LogP contribution in [-0.2, 0) is 9.53 Å². The number of ether oxygens (including phenoxy) is 1. The molecule has 2 amide bonds. The SMILES string of the molecule is C[C@@H](C(=O)NNC(=O)c1ccccc1Cl)n1nnc(N2CCOCC2)n1. The minimum atomic E-state index is -0.760. The molecule has 26 heavy (non-hydrogen) atoms. The van der Waals surface area contributed by atoms with Crippen molar-refractivity contribution in [3.05, 3.63) is 34.9 Å². The van der Waals surface area contributed by atoms with Crippen LogP contribution in [0.5, 0.6) is 0 Å². The van der Waals surface area contributed by atoms with E-state index in [0.717, 1.165) is 0 Å². The highest BCUT2D eigenvalue weighted by Crippen LogP contribution is 2.14. The molecule has 1 atom stereocenters. The fourth-order valence-corrected chi connectivity index (χ4v) is 2.53. The summed E-state index contributed by atoms with van der Waals surface area (Å²) in [4.78, 5) is 27.4. The molecular weight excluding hydrogens is 362 g/mol. The zero-order valence-electron chi connectivity index (χ0n) is 14.1. The third-order valence-electron chi connectivity index (χ3n) is 3.86. The smallest absolute Gasteiger partial charge is 0.271 e. The second-order valence-electron chi connectivity index (χ2n) is 5.61. The lowest BCUT2D eigenvalue weighted by Crippen LogP contribution is -2.45. The van der Waals surface area contributed by atoms with Crippen molar-refractivity contribution < 1.29 is 14.3 Å². The number of tetrazole rings is 1. The maximum Gasteiger partial charge on any atom is 0.271 e. The number of hydrogen-bond acceptors (Lipinski definition) is 7. The van der Waals surface area contributed by atoms with E-state index in [1.165, 1.54) is 4.80 Å². The number of halogens is 1. The molecule has 2 N–H and O–H groups in total. The Labute approximate surface area is 154 Å². The maximum atomic E-state index is 12.2. The summed E-state index contributed by atoms with van der Waals surface area (Å²) in [6.45, 7) is 4.12. The van der Waals surface area contributed by atoms with Crippen molar-refractivity contribution in [3.8, 4) is 0 Å². The summed E-state index contributed by atoms with van der Waals surface area (Å²) in [5.41, 5.74) is 4.92. The molecule has 1 aliphatic heterocycles. The van der Waals surface area contributed by atoms with Gasteiger partial charge in [-0.25, -0.2) is 0 Å². The van der Waals surface area contributed by atoms with Crippen LogP contribution in [0.4, 0.5) is 5.95 Å². The molecule has 0 aliphatic carbocycles. The van der Waals surface area contributed by atoms with Gasteiger partial charge in [0.1, 0.15) is 0 Å². The van der Waals surface area contributed by atoms with Crippen LogP contribution < -0.4 is 15.8 Å². The van der Waals surface area contributed by atoms with Crippen LogP contribution in [0.15, 0.2) is 24.3 Å². The molecule has 1 fully saturated rings. The second kappa shape index (κ2) is 8.11. The van der Waals surface area contributed by atoms with Crippen molar-refractivity contribution in [2.24, 2.45) is 0 Å². The van der Waals surface area contributed by atoms with E-state index in [1.807, 2.05) is 4.90 Å². The highest BCUT2D eigenvalue weighted by atomic mass is 35.5. The Morgan fingerprint density at radius 2 is 1.96 bits per heavy atom. The minimum Gasteiger partial charge on any atom is -0.378 e. The van der Waals surface area contributed by atoms with Crippen LogP contribution in [0.25, 0.3) is 0 Å². The average Bonchev–Trinajstić information content (AvgIpc) is 3.16. The molecule has 3 rings (SSSR count). The quantitative estimate of drug-likeness (QED) is 0.728. The summed E-state index contributed by atoms with van der Waals surface area (Å²) in [6.07, 6.45) is 0. The summed E-state index contributed by atoms with van der Waals surface area (Å²) in [5.74, 6) is -0.568. The van der Waals surface area contributed by atoms with Gasteiger partial charge in [0.2, 0.25) is 0 Å². The summed E-state index contributed by atoms with van der Waals surface area (Å²) in [6, 6.07) is 5.78. The Bertz CT molecular complexity index is 791. The van der Waals surface area contributed by atoms with Crippen molar-refractivity contribution in [3.63, 3.8) is 0 Å². The van der Waals surface area contributed by atoms with Gasteiger partial charge in [-0.2, -0.15) is 0 Å². The van der Waals surface area contributed by atoms with E-state index in [2.05, 4.69) is 26.3 Å². The zero-order chi connectivity index (χ0) is 18.5. The highest BCUT2D eigenvalue weighted by Gasteiger charge is 2.22. The van der Waals surface area contributed by atoms with Crippen LogP contribution in [0.2, 0.25) is 5.02 Å². The van der Waals surface area contributed by atoms with Crippen LogP contribution in [0, 0.1) is 0 Å². The largest absolute Gasteiger partial charge is 0.378 e. The fourth-order valence-electron chi connectivity index (χ4n) is 2.31. The number of morpholine rings is 1. The van der Waals surface area contributed by atoms with Gasteiger partial charge in [0, 0.05) is 13.1 Å². The molecule has 1 aromatic carbocycles. The van der Waals surface area contributed by atoms with E-state index in [4.69, 9.17) is 16.3 Å². The van der Waals surface area contributed by atoms with Gasteiger partial charge >= 0.3 is 0 Å². The van der Waals surface area contributed by atoms with E-state index in [1.54, 1.807) is 31.2 Å². The molecule has 2 aromatic rings. The summed E-state index contributed by atoms with van der Waals surface area (Å²) in [7, 11) is 0. The van der Waals surface area contributed by atoms with Gasteiger partial charge in [-0.3, -0.25) is 20.4 Å². The molecule has 0 radical (unpaired) electrons. The summed E-state index contributed by atoms with van der Waals surface area (Å²) in [5, 5.41) is 12.4. The van der Waals surface area contributed by atoms with Crippen molar-refractivity contribution in [2.75, 3.05) is 31.2 Å². The van der Waals surface area contributed by atoms with E-state index in [0.29, 0.717) is 37.3 Å². The predicted molar refractivity (Wildman–Crippen MR) is 92.6 cm³/mol. The first kappa shape index (κ1) is 18.1. The van der Waals surface area contributed by atoms with Gasteiger partial charge in [0.25, 0.3) is 17.8 Å². The zero-order valence-corrected chi connectivity index (χ0v) is 14.8. The summed E-state index contributed by atoms with van der Waals surface area (Å²) >= 11 is 5.95. The fraction of sp³-hybridized carbons (Fsp3) is 0.400. The van der Waals surface area contributed by atoms with Gasteiger partial charge in [-0.1, -0.05) is 28.8 Å². The number of carbonyl (C=O) groups excluding carboxylic acids is 2. The number of carbonyl (C=O) groups is 2. The lowest BCUT2D eigenvalue weighted by atomic mass is 10.2. The lowest BCUT2D eigenvalue weighted by molar-refractivity contribution is -0.125. The van der Waals surface area contributed by atoms with Crippen LogP contribution in [0.3, 0.4) is 0 Å². The third-order valence-corrected chi connectivity index (χ3v) is 4.18. The molecule has 0 unspecified atom stereocenters. The van der Waals surface area contributed by atoms with Gasteiger partial charge < -0.3 is 9.64 Å². The van der Waals surface area contributed by atoms with Crippen LogP contribution in [-0.4, -0.2) is 58.3 Å². The van der Waals surface area contributed by atoms with Crippen LogP contribution >= 0.6 is 11.6 Å². The Morgan fingerprint density at radius 1 is 1.23 bits per heavy atom. The van der Waals surface area contributed by atoms with Crippen molar-refractivity contribution in [1.29, 1.82) is 0 Å². The third kappa shape index (κ3) is 4.09. The number of rotatable bonds is 4. The molecule has 1 aromatic heterocycles. The Morgan fingerprint density at radius 3 is 2.69 bits per heavy atom. The molecule has 0 saturated carbocycles. The minimum absolute atomic E-state index is 0.260. The lowest BCUT2D eigenvalue weighted by Gasteiger charge is -2.24. The number of hydrazine groups is 1. The van der Waals surface area contributed by atoms with Crippen molar-refractivity contribution in [1.82, 2.24) is 31.1 Å². The topological polar surface area (TPSA) is 114 Å². The Balaban J connectivity index is 1.57. The first-order valence-corrected chi connectivity index (χ1v) is 8.41. The first-order valence-electron chi connectivity index (χ1n) is 8.03.